The fourth-order valence-corrected chi connectivity index (χ4v) is 3.87. The Morgan fingerprint density at radius 1 is 1.11 bits per heavy atom. The molecule has 0 radical (unpaired) electrons. The quantitative estimate of drug-likeness (QED) is 0.700. The van der Waals surface area contributed by atoms with Crippen LogP contribution in [-0.2, 0) is 27.2 Å². The lowest BCUT2D eigenvalue weighted by Gasteiger charge is -2.31. The molecule has 6 nitrogen and oxygen atoms in total. The summed E-state index contributed by atoms with van der Waals surface area (Å²) in [6.07, 6.45) is 0.146. The molecule has 5 rings (SSSR count). The number of amides is 1. The predicted octanol–water partition coefficient (Wildman–Crippen LogP) is 2.79. The number of nitrogens with zero attached hydrogens (tertiary/aromatic N) is 2. The topological polar surface area (TPSA) is 64.8 Å². The highest BCUT2D eigenvalue weighted by Crippen LogP contribution is 2.34. The zero-order valence-corrected chi connectivity index (χ0v) is 14.9. The van der Waals surface area contributed by atoms with E-state index in [0.29, 0.717) is 39.3 Å². The molecule has 0 aliphatic carbocycles. The number of benzene rings is 2. The van der Waals surface area contributed by atoms with Gasteiger partial charge >= 0.3 is 0 Å². The van der Waals surface area contributed by atoms with Gasteiger partial charge in [-0.1, -0.05) is 47.6 Å². The van der Waals surface area contributed by atoms with Crippen LogP contribution >= 0.6 is 0 Å². The SMILES string of the molecule is O=C(C1COCCO1)N1CCc2onc(-c3cccc4ccccc34)c2C1. The van der Waals surface area contributed by atoms with E-state index in [9.17, 15) is 4.79 Å². The third-order valence-electron chi connectivity index (χ3n) is 5.28. The molecular weight excluding hydrogens is 344 g/mol. The smallest absolute Gasteiger partial charge is 0.254 e. The van der Waals surface area contributed by atoms with Crippen LogP contribution in [0.15, 0.2) is 47.0 Å². The number of hydrogen-bond acceptors (Lipinski definition) is 5. The highest BCUT2D eigenvalue weighted by Gasteiger charge is 2.33. The van der Waals surface area contributed by atoms with E-state index in [1.165, 1.54) is 0 Å². The number of aromatic nitrogens is 1. The maximum absolute atomic E-state index is 12.8. The molecule has 0 saturated carbocycles. The number of carbonyl (C=O) groups is 1. The minimum atomic E-state index is -0.513. The third-order valence-corrected chi connectivity index (χ3v) is 5.28. The van der Waals surface area contributed by atoms with E-state index in [0.717, 1.165) is 33.4 Å². The lowest BCUT2D eigenvalue weighted by molar-refractivity contribution is -0.158. The van der Waals surface area contributed by atoms with E-state index < -0.39 is 6.10 Å². The Labute approximate surface area is 156 Å². The number of fused-ring (bicyclic) bond motifs is 2. The van der Waals surface area contributed by atoms with Gasteiger partial charge in [0.2, 0.25) is 0 Å². The summed E-state index contributed by atoms with van der Waals surface area (Å²) in [5, 5.41) is 6.64. The van der Waals surface area contributed by atoms with Gasteiger partial charge in [-0.2, -0.15) is 0 Å². The lowest BCUT2D eigenvalue weighted by Crippen LogP contribution is -2.46. The van der Waals surface area contributed by atoms with Crippen molar-refractivity contribution in [1.29, 1.82) is 0 Å². The van der Waals surface area contributed by atoms with Crippen molar-refractivity contribution in [1.82, 2.24) is 10.1 Å². The van der Waals surface area contributed by atoms with E-state index in [4.69, 9.17) is 14.0 Å². The highest BCUT2D eigenvalue weighted by atomic mass is 16.6. The van der Waals surface area contributed by atoms with Crippen LogP contribution in [0.3, 0.4) is 0 Å². The molecule has 3 aromatic rings. The number of carbonyl (C=O) groups excluding carboxylic acids is 1. The van der Waals surface area contributed by atoms with Gasteiger partial charge < -0.3 is 18.9 Å². The third kappa shape index (κ3) is 2.91. The van der Waals surface area contributed by atoms with Gasteiger partial charge in [0.25, 0.3) is 5.91 Å². The van der Waals surface area contributed by atoms with Crippen molar-refractivity contribution in [2.45, 2.75) is 19.1 Å². The predicted molar refractivity (Wildman–Crippen MR) is 99.1 cm³/mol. The van der Waals surface area contributed by atoms with Crippen molar-refractivity contribution >= 4 is 16.7 Å². The molecule has 2 aliphatic rings. The first-order valence-electron chi connectivity index (χ1n) is 9.25. The lowest BCUT2D eigenvalue weighted by atomic mass is 9.97. The van der Waals surface area contributed by atoms with Crippen molar-refractivity contribution in [3.63, 3.8) is 0 Å². The molecule has 0 N–H and O–H groups in total. The van der Waals surface area contributed by atoms with Crippen molar-refractivity contribution in [2.75, 3.05) is 26.4 Å². The molecule has 2 aromatic carbocycles. The fraction of sp³-hybridized carbons (Fsp3) is 0.333. The van der Waals surface area contributed by atoms with Crippen LogP contribution in [0.4, 0.5) is 0 Å². The summed E-state index contributed by atoms with van der Waals surface area (Å²) in [7, 11) is 0. The Bertz CT molecular complexity index is 986. The van der Waals surface area contributed by atoms with Gasteiger partial charge in [-0.05, 0) is 10.8 Å². The van der Waals surface area contributed by atoms with Crippen molar-refractivity contribution in [3.05, 3.63) is 53.8 Å². The number of ether oxygens (including phenoxy) is 2. The summed E-state index contributed by atoms with van der Waals surface area (Å²) < 4.78 is 16.6. The molecule has 2 aliphatic heterocycles. The Balaban J connectivity index is 1.48. The van der Waals surface area contributed by atoms with Crippen LogP contribution in [0.25, 0.3) is 22.0 Å². The molecular formula is C21H20N2O4. The van der Waals surface area contributed by atoms with Crippen LogP contribution in [-0.4, -0.2) is 48.4 Å². The van der Waals surface area contributed by atoms with Crippen LogP contribution in [0.2, 0.25) is 0 Å². The van der Waals surface area contributed by atoms with Crippen molar-refractivity contribution in [3.8, 4) is 11.3 Å². The zero-order valence-electron chi connectivity index (χ0n) is 14.9. The standard InChI is InChI=1S/C21H20N2O4/c24-21(19-13-25-10-11-26-19)23-9-8-18-17(12-23)20(22-27-18)16-7-3-5-14-4-1-2-6-15(14)16/h1-7,19H,8-13H2. The summed E-state index contributed by atoms with van der Waals surface area (Å²) >= 11 is 0. The Kier molecular flexibility index (Phi) is 4.14. The van der Waals surface area contributed by atoms with Crippen molar-refractivity contribution < 1.29 is 18.8 Å². The second-order valence-corrected chi connectivity index (χ2v) is 6.90. The average molecular weight is 364 g/mol. The maximum atomic E-state index is 12.8. The summed E-state index contributed by atoms with van der Waals surface area (Å²) in [6.45, 7) is 2.42. The molecule has 0 spiro atoms. The molecule has 1 aromatic heterocycles. The molecule has 1 unspecified atom stereocenters. The molecule has 3 heterocycles. The molecule has 6 heteroatoms. The van der Waals surface area contributed by atoms with Crippen LogP contribution < -0.4 is 0 Å². The van der Waals surface area contributed by atoms with Crippen LogP contribution in [0.1, 0.15) is 11.3 Å². The van der Waals surface area contributed by atoms with Gasteiger partial charge in [-0.3, -0.25) is 4.79 Å². The molecule has 1 saturated heterocycles. The van der Waals surface area contributed by atoms with E-state index >= 15 is 0 Å². The molecule has 138 valence electrons. The van der Waals surface area contributed by atoms with Crippen molar-refractivity contribution in [2.24, 2.45) is 0 Å². The maximum Gasteiger partial charge on any atom is 0.254 e. The Morgan fingerprint density at radius 3 is 2.89 bits per heavy atom. The number of rotatable bonds is 2. The summed E-state index contributed by atoms with van der Waals surface area (Å²) in [5.74, 6) is 0.841. The molecule has 27 heavy (non-hydrogen) atoms. The average Bonchev–Trinajstić information content (AvgIpc) is 3.16. The normalized spacial score (nSPS) is 19.9. The Morgan fingerprint density at radius 2 is 2.00 bits per heavy atom. The minimum Gasteiger partial charge on any atom is -0.376 e. The second kappa shape index (κ2) is 6.79. The van der Waals surface area contributed by atoms with E-state index in [2.05, 4.69) is 29.4 Å². The van der Waals surface area contributed by atoms with Crippen LogP contribution in [0.5, 0.6) is 0 Å². The molecule has 1 fully saturated rings. The minimum absolute atomic E-state index is 0.0228. The first-order chi connectivity index (χ1) is 13.3. The largest absolute Gasteiger partial charge is 0.376 e. The highest BCUT2D eigenvalue weighted by molar-refractivity contribution is 5.96. The van der Waals surface area contributed by atoms with Gasteiger partial charge in [0, 0.05) is 24.1 Å². The van der Waals surface area contributed by atoms with Gasteiger partial charge in [0.1, 0.15) is 11.5 Å². The number of hydrogen-bond donors (Lipinski definition) is 0. The first-order valence-corrected chi connectivity index (χ1v) is 9.25. The Hall–Kier alpha value is -2.70. The van der Waals surface area contributed by atoms with Gasteiger partial charge in [-0.15, -0.1) is 0 Å². The monoisotopic (exact) mass is 364 g/mol. The molecule has 1 atom stereocenters. The first kappa shape index (κ1) is 16.5. The zero-order chi connectivity index (χ0) is 18.2. The second-order valence-electron chi connectivity index (χ2n) is 6.90. The molecule has 1 amide bonds. The van der Waals surface area contributed by atoms with Gasteiger partial charge in [0.15, 0.2) is 6.10 Å². The van der Waals surface area contributed by atoms with Crippen LogP contribution in [0, 0.1) is 0 Å². The summed E-state index contributed by atoms with van der Waals surface area (Å²) in [5.41, 5.74) is 2.84. The van der Waals surface area contributed by atoms with Gasteiger partial charge in [-0.25, -0.2) is 0 Å². The summed E-state index contributed by atoms with van der Waals surface area (Å²) in [4.78, 5) is 14.6. The molecule has 0 bridgehead atoms. The van der Waals surface area contributed by atoms with E-state index in [1.54, 1.807) is 0 Å². The summed E-state index contributed by atoms with van der Waals surface area (Å²) in [6, 6.07) is 14.4. The van der Waals surface area contributed by atoms with E-state index in [-0.39, 0.29) is 5.91 Å². The van der Waals surface area contributed by atoms with E-state index in [1.807, 2.05) is 23.1 Å². The fourth-order valence-electron chi connectivity index (χ4n) is 3.87. The van der Waals surface area contributed by atoms with Gasteiger partial charge in [0.05, 0.1) is 26.4 Å².